The molecule has 30 heavy (non-hydrogen) atoms. The van der Waals surface area contributed by atoms with Gasteiger partial charge in [0.05, 0.1) is 17.5 Å². The average molecular weight is 491 g/mol. The molecule has 0 radical (unpaired) electrons. The maximum absolute atomic E-state index is 12.9. The van der Waals surface area contributed by atoms with Gasteiger partial charge in [-0.3, -0.25) is 14.2 Å². The Bertz CT molecular complexity index is 639. The minimum atomic E-state index is -4.93. The molecule has 1 amide bonds. The van der Waals surface area contributed by atoms with Gasteiger partial charge in [-0.25, -0.2) is 4.57 Å². The molecule has 2 aliphatic rings. The first kappa shape index (κ1) is 26.3. The third-order valence-electron chi connectivity index (χ3n) is 5.75. The number of rotatable bonds is 8. The molecule has 176 valence electrons. The number of aliphatic hydroxyl groups excluding tert-OH is 2. The van der Waals surface area contributed by atoms with Crippen LogP contribution in [0.5, 0.6) is 0 Å². The van der Waals surface area contributed by atoms with Crippen molar-refractivity contribution in [2.45, 2.75) is 74.0 Å². The molecular formula is C17H32ClN2O8PS. The number of ether oxygens (including phenoxy) is 1. The Morgan fingerprint density at radius 2 is 2.03 bits per heavy atom. The smallest absolute Gasteiger partial charge is 0.388 e. The van der Waals surface area contributed by atoms with Crippen LogP contribution < -0.4 is 5.32 Å². The normalized spacial score (nSPS) is 37.7. The van der Waals surface area contributed by atoms with Gasteiger partial charge in [0.1, 0.15) is 29.9 Å². The highest BCUT2D eigenvalue weighted by molar-refractivity contribution is 7.99. The molecule has 0 bridgehead atoms. The van der Waals surface area contributed by atoms with Crippen molar-refractivity contribution in [1.29, 1.82) is 0 Å². The van der Waals surface area contributed by atoms with Crippen LogP contribution in [0.2, 0.25) is 0 Å². The number of alkyl halides is 1. The van der Waals surface area contributed by atoms with Gasteiger partial charge < -0.3 is 30.1 Å². The zero-order valence-corrected chi connectivity index (χ0v) is 19.9. The number of carbonyl (C=O) groups excluding carboxylic acids is 1. The van der Waals surface area contributed by atoms with Crippen LogP contribution in [0.25, 0.3) is 0 Å². The standard InChI is InChI=1S/C17H32ClN2O8PS/c1-5-9-6-10(20(3)7-9)16(23)19-11(8(2)18)14-12(21)13(22)15(17(27-14)30-4)28-29(24,25)26/h8-15,17,21-22H,5-7H2,1-4H3,(H,19,23)(H2,24,25,26)/t8-,9+,10?,11+,12+,13?,14+,15?,17+/m0/s1. The number of aliphatic hydroxyl groups is 2. The molecule has 0 aromatic rings. The van der Waals surface area contributed by atoms with Crippen molar-refractivity contribution in [3.63, 3.8) is 0 Å². The molecule has 0 aromatic carbocycles. The second-order valence-electron chi connectivity index (χ2n) is 7.92. The molecule has 2 saturated heterocycles. The summed E-state index contributed by atoms with van der Waals surface area (Å²) in [5.41, 5.74) is -0.991. The van der Waals surface area contributed by atoms with Crippen LogP contribution in [0.3, 0.4) is 0 Å². The molecule has 10 nitrogen and oxygen atoms in total. The molecule has 2 aliphatic heterocycles. The van der Waals surface area contributed by atoms with E-state index in [1.807, 2.05) is 11.9 Å². The van der Waals surface area contributed by atoms with Gasteiger partial charge in [-0.05, 0) is 32.6 Å². The van der Waals surface area contributed by atoms with Gasteiger partial charge in [-0.1, -0.05) is 13.3 Å². The Labute approximate surface area is 185 Å². The topological polar surface area (TPSA) is 149 Å². The Morgan fingerprint density at radius 1 is 1.40 bits per heavy atom. The summed E-state index contributed by atoms with van der Waals surface area (Å²) in [6, 6.07) is -1.18. The number of hydrogen-bond acceptors (Lipinski definition) is 8. The summed E-state index contributed by atoms with van der Waals surface area (Å²) in [4.78, 5) is 33.1. The number of phosphoric ester groups is 1. The quantitative estimate of drug-likeness (QED) is 0.234. The molecule has 0 saturated carbocycles. The maximum Gasteiger partial charge on any atom is 0.470 e. The predicted octanol–water partition coefficient (Wildman–Crippen LogP) is 0.116. The molecule has 2 fully saturated rings. The van der Waals surface area contributed by atoms with E-state index < -0.39 is 49.1 Å². The van der Waals surface area contributed by atoms with E-state index in [0.29, 0.717) is 12.3 Å². The molecule has 0 aliphatic carbocycles. The number of phosphoric acid groups is 1. The lowest BCUT2D eigenvalue weighted by molar-refractivity contribution is -0.201. The number of hydrogen-bond donors (Lipinski definition) is 5. The first-order valence-electron chi connectivity index (χ1n) is 9.82. The van der Waals surface area contributed by atoms with Crippen molar-refractivity contribution < 1.29 is 38.6 Å². The summed E-state index contributed by atoms with van der Waals surface area (Å²) in [7, 11) is -3.05. The highest BCUT2D eigenvalue weighted by atomic mass is 35.5. The SMILES string of the molecule is CC[C@@H]1CC(C(=O)N[C@@H]([C@H]2O[C@H](SC)C(OP(=O)(O)O)C(O)[C@H]2O)[C@H](C)Cl)N(C)C1. The second-order valence-corrected chi connectivity index (χ2v) is 10.7. The lowest BCUT2D eigenvalue weighted by Crippen LogP contribution is -2.65. The van der Waals surface area contributed by atoms with Gasteiger partial charge in [-0.15, -0.1) is 23.4 Å². The number of halogens is 1. The van der Waals surface area contributed by atoms with Gasteiger partial charge in [0, 0.05) is 6.54 Å². The lowest BCUT2D eigenvalue weighted by atomic mass is 9.92. The largest absolute Gasteiger partial charge is 0.470 e. The molecule has 0 spiro atoms. The van der Waals surface area contributed by atoms with E-state index in [2.05, 4.69) is 16.8 Å². The number of thioether (sulfide) groups is 1. The van der Waals surface area contributed by atoms with Gasteiger partial charge >= 0.3 is 7.82 Å². The number of likely N-dealkylation sites (tertiary alicyclic amines) is 1. The van der Waals surface area contributed by atoms with E-state index in [1.54, 1.807) is 13.2 Å². The van der Waals surface area contributed by atoms with E-state index >= 15 is 0 Å². The summed E-state index contributed by atoms with van der Waals surface area (Å²) in [6.45, 7) is 4.52. The molecule has 2 heterocycles. The highest BCUT2D eigenvalue weighted by Crippen LogP contribution is 2.43. The van der Waals surface area contributed by atoms with Gasteiger partial charge in [-0.2, -0.15) is 0 Å². The molecule has 9 atom stereocenters. The number of likely N-dealkylation sites (N-methyl/N-ethyl adjacent to an activating group) is 1. The lowest BCUT2D eigenvalue weighted by Gasteiger charge is -2.45. The van der Waals surface area contributed by atoms with Gasteiger partial charge in [0.15, 0.2) is 0 Å². The Balaban J connectivity index is 2.17. The number of nitrogens with zero attached hydrogens (tertiary/aromatic N) is 1. The zero-order chi connectivity index (χ0) is 22.8. The van der Waals surface area contributed by atoms with E-state index in [4.69, 9.17) is 26.1 Å². The predicted molar refractivity (Wildman–Crippen MR) is 113 cm³/mol. The minimum Gasteiger partial charge on any atom is -0.388 e. The monoisotopic (exact) mass is 490 g/mol. The molecule has 3 unspecified atom stereocenters. The van der Waals surface area contributed by atoms with Crippen LogP contribution in [-0.2, 0) is 18.6 Å². The third kappa shape index (κ3) is 6.31. The van der Waals surface area contributed by atoms with Crippen LogP contribution in [-0.4, -0.2) is 98.0 Å². The fraction of sp³-hybridized carbons (Fsp3) is 0.941. The van der Waals surface area contributed by atoms with Crippen LogP contribution in [0.1, 0.15) is 26.7 Å². The van der Waals surface area contributed by atoms with Crippen LogP contribution in [0, 0.1) is 5.92 Å². The number of amides is 1. The van der Waals surface area contributed by atoms with E-state index in [0.717, 1.165) is 24.7 Å². The first-order valence-corrected chi connectivity index (χ1v) is 13.1. The first-order chi connectivity index (χ1) is 13.9. The van der Waals surface area contributed by atoms with Crippen LogP contribution in [0.4, 0.5) is 0 Å². The highest BCUT2D eigenvalue weighted by Gasteiger charge is 2.51. The minimum absolute atomic E-state index is 0.245. The second kappa shape index (κ2) is 10.8. The van der Waals surface area contributed by atoms with Crippen molar-refractivity contribution >= 4 is 37.1 Å². The zero-order valence-electron chi connectivity index (χ0n) is 17.4. The van der Waals surface area contributed by atoms with Gasteiger partial charge in [0.25, 0.3) is 0 Å². The van der Waals surface area contributed by atoms with Crippen molar-refractivity contribution in [3.05, 3.63) is 0 Å². The molecule has 13 heteroatoms. The summed E-state index contributed by atoms with van der Waals surface area (Å²) >= 11 is 7.36. The molecule has 0 aromatic heterocycles. The summed E-state index contributed by atoms with van der Waals surface area (Å²) < 4.78 is 21.7. The summed E-state index contributed by atoms with van der Waals surface area (Å²) in [5.74, 6) is 0.174. The maximum atomic E-state index is 12.9. The fourth-order valence-corrected chi connectivity index (χ4v) is 5.61. The van der Waals surface area contributed by atoms with Gasteiger partial charge in [0.2, 0.25) is 5.91 Å². The third-order valence-corrected chi connectivity index (χ3v) is 7.38. The molecule has 2 rings (SSSR count). The Morgan fingerprint density at radius 3 is 2.50 bits per heavy atom. The van der Waals surface area contributed by atoms with E-state index in [1.165, 1.54) is 0 Å². The van der Waals surface area contributed by atoms with Crippen molar-refractivity contribution in [3.8, 4) is 0 Å². The van der Waals surface area contributed by atoms with Crippen LogP contribution >= 0.6 is 31.2 Å². The molecule has 5 N–H and O–H groups in total. The summed E-state index contributed by atoms with van der Waals surface area (Å²) in [6.07, 6.45) is -2.50. The van der Waals surface area contributed by atoms with Crippen molar-refractivity contribution in [1.82, 2.24) is 10.2 Å². The number of nitrogens with one attached hydrogen (secondary N) is 1. The number of carbonyl (C=O) groups is 1. The van der Waals surface area contributed by atoms with Crippen molar-refractivity contribution in [2.75, 3.05) is 19.8 Å². The molecular weight excluding hydrogens is 459 g/mol. The van der Waals surface area contributed by atoms with E-state index in [-0.39, 0.29) is 11.9 Å². The van der Waals surface area contributed by atoms with Crippen LogP contribution in [0.15, 0.2) is 0 Å². The van der Waals surface area contributed by atoms with E-state index in [9.17, 15) is 19.6 Å². The average Bonchev–Trinajstić information content (AvgIpc) is 3.04. The van der Waals surface area contributed by atoms with Crippen molar-refractivity contribution in [2.24, 2.45) is 5.92 Å². The fourth-order valence-electron chi connectivity index (χ4n) is 4.05. The Kier molecular flexibility index (Phi) is 9.46. The Hall–Kier alpha value is 0.0600. The summed E-state index contributed by atoms with van der Waals surface area (Å²) in [5, 5.41) is 23.3.